The van der Waals surface area contributed by atoms with E-state index in [0.29, 0.717) is 0 Å². The average molecular weight is 389 g/mol. The second-order valence-corrected chi connectivity index (χ2v) is 8.30. The number of piperidine rings is 1. The molecule has 146 valence electrons. The maximum Gasteiger partial charge on any atom is 0.251 e. The largest absolute Gasteiger partial charge is 0.378 e. The lowest BCUT2D eigenvalue weighted by atomic mass is 10.1. The summed E-state index contributed by atoms with van der Waals surface area (Å²) in [5, 5.41) is 4.09. The van der Waals surface area contributed by atoms with Crippen LogP contribution in [0.3, 0.4) is 0 Å². The summed E-state index contributed by atoms with van der Waals surface area (Å²) in [4.78, 5) is 22.0. The molecular formula is C20H28N4O2S. The molecule has 0 radical (unpaired) electrons. The Morgan fingerprint density at radius 1 is 1.15 bits per heavy atom. The average Bonchev–Trinajstić information content (AvgIpc) is 3.16. The molecule has 2 fully saturated rings. The van der Waals surface area contributed by atoms with Gasteiger partial charge in [0.25, 0.3) is 5.91 Å². The van der Waals surface area contributed by atoms with E-state index in [0.717, 1.165) is 66.7 Å². The van der Waals surface area contributed by atoms with Crippen LogP contribution in [0.15, 0.2) is 18.2 Å². The Hall–Kier alpha value is -1.70. The number of hydrogen-bond acceptors (Lipinski definition) is 6. The molecule has 0 spiro atoms. The summed E-state index contributed by atoms with van der Waals surface area (Å²) in [6.45, 7) is 7.49. The first-order chi connectivity index (χ1) is 13.3. The van der Waals surface area contributed by atoms with Crippen LogP contribution in [0.25, 0.3) is 10.2 Å². The number of benzene rings is 1. The molecule has 1 aromatic heterocycles. The molecule has 1 amide bonds. The quantitative estimate of drug-likeness (QED) is 0.771. The molecule has 2 saturated heterocycles. The first-order valence-electron chi connectivity index (χ1n) is 10.0. The van der Waals surface area contributed by atoms with E-state index in [1.54, 1.807) is 11.3 Å². The van der Waals surface area contributed by atoms with E-state index in [1.165, 1.54) is 32.4 Å². The van der Waals surface area contributed by atoms with Gasteiger partial charge in [-0.05, 0) is 57.1 Å². The fourth-order valence-electron chi connectivity index (χ4n) is 3.73. The van der Waals surface area contributed by atoms with Gasteiger partial charge < -0.3 is 19.9 Å². The number of aromatic nitrogens is 1. The van der Waals surface area contributed by atoms with Gasteiger partial charge in [-0.1, -0.05) is 17.8 Å². The Bertz CT molecular complexity index is 766. The number of thiazole rings is 1. The number of anilines is 1. The summed E-state index contributed by atoms with van der Waals surface area (Å²) in [7, 11) is 0. The van der Waals surface area contributed by atoms with Crippen LogP contribution in [0.1, 0.15) is 36.0 Å². The molecule has 2 aliphatic heterocycles. The highest BCUT2D eigenvalue weighted by molar-refractivity contribution is 7.22. The molecule has 1 N–H and O–H groups in total. The van der Waals surface area contributed by atoms with Crippen LogP contribution >= 0.6 is 11.3 Å². The first kappa shape index (κ1) is 18.7. The molecular weight excluding hydrogens is 360 g/mol. The van der Waals surface area contributed by atoms with Crippen LogP contribution in [-0.2, 0) is 4.74 Å². The van der Waals surface area contributed by atoms with Gasteiger partial charge in [0.2, 0.25) is 0 Å². The molecule has 0 bridgehead atoms. The predicted molar refractivity (Wildman–Crippen MR) is 110 cm³/mol. The molecule has 0 saturated carbocycles. The fourth-order valence-corrected chi connectivity index (χ4v) is 4.79. The van der Waals surface area contributed by atoms with E-state index >= 15 is 0 Å². The highest BCUT2D eigenvalue weighted by Gasteiger charge is 2.16. The van der Waals surface area contributed by atoms with Crippen LogP contribution in [0.4, 0.5) is 5.13 Å². The minimum Gasteiger partial charge on any atom is -0.378 e. The molecule has 4 rings (SSSR count). The summed E-state index contributed by atoms with van der Waals surface area (Å²) in [5.74, 6) is 0.0110. The van der Waals surface area contributed by atoms with Crippen LogP contribution in [0.2, 0.25) is 0 Å². The van der Waals surface area contributed by atoms with Gasteiger partial charge in [-0.2, -0.15) is 0 Å². The number of nitrogens with zero attached hydrogens (tertiary/aromatic N) is 3. The minimum atomic E-state index is 0.0110. The second-order valence-electron chi connectivity index (χ2n) is 7.29. The van der Waals surface area contributed by atoms with E-state index in [4.69, 9.17) is 9.72 Å². The number of hydrogen-bond donors (Lipinski definition) is 1. The molecule has 0 aliphatic carbocycles. The van der Waals surface area contributed by atoms with Crippen molar-refractivity contribution in [3.05, 3.63) is 23.8 Å². The van der Waals surface area contributed by atoms with E-state index in [-0.39, 0.29) is 5.91 Å². The van der Waals surface area contributed by atoms with E-state index in [9.17, 15) is 4.79 Å². The van der Waals surface area contributed by atoms with Crippen molar-refractivity contribution in [2.24, 2.45) is 0 Å². The number of amides is 1. The third kappa shape index (κ3) is 4.78. The van der Waals surface area contributed by atoms with E-state index in [2.05, 4.69) is 15.1 Å². The lowest BCUT2D eigenvalue weighted by Crippen LogP contribution is -2.36. The van der Waals surface area contributed by atoms with Gasteiger partial charge in [0.15, 0.2) is 5.13 Å². The van der Waals surface area contributed by atoms with Crippen molar-refractivity contribution in [2.75, 3.05) is 57.4 Å². The van der Waals surface area contributed by atoms with Crippen LogP contribution in [0.5, 0.6) is 0 Å². The summed E-state index contributed by atoms with van der Waals surface area (Å²) in [6.07, 6.45) is 5.00. The normalized spacial score (nSPS) is 18.7. The number of rotatable bonds is 6. The second kappa shape index (κ2) is 8.99. The maximum absolute atomic E-state index is 12.5. The molecule has 2 aromatic rings. The van der Waals surface area contributed by atoms with Gasteiger partial charge in [0.1, 0.15) is 0 Å². The van der Waals surface area contributed by atoms with E-state index < -0.39 is 0 Å². The Morgan fingerprint density at radius 2 is 1.96 bits per heavy atom. The molecule has 1 aromatic carbocycles. The van der Waals surface area contributed by atoms with E-state index in [1.807, 2.05) is 18.2 Å². The number of ether oxygens (including phenoxy) is 1. The SMILES string of the molecule is O=C(NCCCN1CCCCC1)c1ccc2nc(N3CCOCC3)sc2c1. The third-order valence-electron chi connectivity index (χ3n) is 5.31. The van der Waals surface area contributed by atoms with Crippen molar-refractivity contribution in [3.63, 3.8) is 0 Å². The van der Waals surface area contributed by atoms with Gasteiger partial charge in [-0.25, -0.2) is 4.98 Å². The zero-order valence-electron chi connectivity index (χ0n) is 15.8. The molecule has 2 aliphatic rings. The number of carbonyl (C=O) groups excluding carboxylic acids is 1. The Morgan fingerprint density at radius 3 is 2.78 bits per heavy atom. The summed E-state index contributed by atoms with van der Waals surface area (Å²) < 4.78 is 6.48. The predicted octanol–water partition coefficient (Wildman–Crippen LogP) is 2.74. The minimum absolute atomic E-state index is 0.0110. The van der Waals surface area contributed by atoms with Gasteiger partial charge >= 0.3 is 0 Å². The number of carbonyl (C=O) groups is 1. The number of morpholine rings is 1. The standard InChI is InChI=1S/C20H28N4O2S/c25-19(21-7-4-10-23-8-2-1-3-9-23)16-5-6-17-18(15-16)27-20(22-17)24-11-13-26-14-12-24/h5-6,15H,1-4,7-14H2,(H,21,25). The highest BCUT2D eigenvalue weighted by atomic mass is 32.1. The van der Waals surface area contributed by atoms with Gasteiger partial charge in [-0.3, -0.25) is 4.79 Å². The molecule has 6 nitrogen and oxygen atoms in total. The van der Waals surface area contributed by atoms with Crippen LogP contribution in [-0.4, -0.2) is 68.3 Å². The zero-order chi connectivity index (χ0) is 18.5. The van der Waals surface area contributed by atoms with Crippen LogP contribution in [0, 0.1) is 0 Å². The molecule has 3 heterocycles. The van der Waals surface area contributed by atoms with Crippen molar-refractivity contribution in [3.8, 4) is 0 Å². The van der Waals surface area contributed by atoms with Crippen molar-refractivity contribution in [1.82, 2.24) is 15.2 Å². The Labute approximate surface area is 164 Å². The third-order valence-corrected chi connectivity index (χ3v) is 6.39. The highest BCUT2D eigenvalue weighted by Crippen LogP contribution is 2.30. The zero-order valence-corrected chi connectivity index (χ0v) is 16.6. The lowest BCUT2D eigenvalue weighted by Gasteiger charge is -2.26. The molecule has 0 atom stereocenters. The van der Waals surface area contributed by atoms with Gasteiger partial charge in [0, 0.05) is 25.2 Å². The molecule has 7 heteroatoms. The number of likely N-dealkylation sites (tertiary alicyclic amines) is 1. The molecule has 0 unspecified atom stereocenters. The first-order valence-corrected chi connectivity index (χ1v) is 10.8. The number of fused-ring (bicyclic) bond motifs is 1. The monoisotopic (exact) mass is 388 g/mol. The van der Waals surface area contributed by atoms with Crippen molar-refractivity contribution >= 4 is 32.6 Å². The van der Waals surface area contributed by atoms with Crippen molar-refractivity contribution in [2.45, 2.75) is 25.7 Å². The topological polar surface area (TPSA) is 57.7 Å². The van der Waals surface area contributed by atoms with Gasteiger partial charge in [-0.15, -0.1) is 0 Å². The smallest absolute Gasteiger partial charge is 0.251 e. The van der Waals surface area contributed by atoms with Crippen LogP contribution < -0.4 is 10.2 Å². The fraction of sp³-hybridized carbons (Fsp3) is 0.600. The lowest BCUT2D eigenvalue weighted by molar-refractivity contribution is 0.0951. The number of nitrogens with one attached hydrogen (secondary N) is 1. The summed E-state index contributed by atoms with van der Waals surface area (Å²) >= 11 is 1.66. The summed E-state index contributed by atoms with van der Waals surface area (Å²) in [5.41, 5.74) is 1.68. The summed E-state index contributed by atoms with van der Waals surface area (Å²) in [6, 6.07) is 5.81. The maximum atomic E-state index is 12.5. The molecule has 27 heavy (non-hydrogen) atoms. The Kier molecular flexibility index (Phi) is 6.21. The van der Waals surface area contributed by atoms with Crippen molar-refractivity contribution < 1.29 is 9.53 Å². The Balaban J connectivity index is 1.31. The van der Waals surface area contributed by atoms with Gasteiger partial charge in [0.05, 0.1) is 23.4 Å². The van der Waals surface area contributed by atoms with Crippen molar-refractivity contribution in [1.29, 1.82) is 0 Å².